The van der Waals surface area contributed by atoms with Crippen LogP contribution in [0.25, 0.3) is 0 Å². The van der Waals surface area contributed by atoms with Gasteiger partial charge in [-0.25, -0.2) is 14.4 Å². The molecule has 0 bridgehead atoms. The summed E-state index contributed by atoms with van der Waals surface area (Å²) in [6, 6.07) is 7.20. The lowest BCUT2D eigenvalue weighted by Gasteiger charge is -2.12. The molecule has 0 aliphatic carbocycles. The summed E-state index contributed by atoms with van der Waals surface area (Å²) in [5.41, 5.74) is 12.0. The Morgan fingerprint density at radius 1 is 1.12 bits per heavy atom. The summed E-state index contributed by atoms with van der Waals surface area (Å²) >= 11 is 0. The number of halogens is 4. The average Bonchev–Trinajstić information content (AvgIpc) is 2.73. The van der Waals surface area contributed by atoms with Gasteiger partial charge in [-0.2, -0.15) is 18.2 Å². The highest BCUT2D eigenvalue weighted by molar-refractivity contribution is 6.05. The second-order valence-electron chi connectivity index (χ2n) is 6.40. The molecule has 0 atom stereocenters. The van der Waals surface area contributed by atoms with E-state index in [0.717, 1.165) is 12.3 Å². The summed E-state index contributed by atoms with van der Waals surface area (Å²) in [6.45, 7) is -1.53. The van der Waals surface area contributed by atoms with Gasteiger partial charge in [-0.1, -0.05) is 0 Å². The average molecular weight is 451 g/mol. The third-order valence-corrected chi connectivity index (χ3v) is 3.99. The molecule has 0 spiro atoms. The molecule has 0 unspecified atom stereocenters. The molecule has 6 N–H and O–H groups in total. The number of nitrogens with one attached hydrogen (secondary N) is 2. The van der Waals surface area contributed by atoms with Crippen molar-refractivity contribution in [2.45, 2.75) is 12.7 Å². The Kier molecular flexibility index (Phi) is 6.56. The van der Waals surface area contributed by atoms with Crippen LogP contribution in [-0.4, -0.2) is 33.6 Å². The first-order valence-electron chi connectivity index (χ1n) is 8.98. The third kappa shape index (κ3) is 5.93. The maximum Gasteiger partial charge on any atom is 0.422 e. The number of nitrogen functional groups attached to an aromatic ring is 2. The number of benzene rings is 1. The molecule has 1 aromatic carbocycles. The van der Waals surface area contributed by atoms with E-state index in [0.29, 0.717) is 5.69 Å². The molecule has 13 heteroatoms. The quantitative estimate of drug-likeness (QED) is 0.402. The van der Waals surface area contributed by atoms with Crippen LogP contribution in [-0.2, 0) is 6.54 Å². The molecule has 0 aliphatic rings. The molecule has 32 heavy (non-hydrogen) atoms. The fourth-order valence-corrected chi connectivity index (χ4v) is 2.52. The Hall–Kier alpha value is -4.16. The molecule has 3 rings (SSSR count). The van der Waals surface area contributed by atoms with Crippen molar-refractivity contribution < 1.29 is 27.1 Å². The minimum absolute atomic E-state index is 0.0542. The summed E-state index contributed by atoms with van der Waals surface area (Å²) in [5.74, 6) is -1.99. The topological polar surface area (TPSA) is 141 Å². The lowest BCUT2D eigenvalue weighted by molar-refractivity contribution is -0.154. The van der Waals surface area contributed by atoms with E-state index < -0.39 is 36.2 Å². The van der Waals surface area contributed by atoms with Crippen LogP contribution >= 0.6 is 0 Å². The molecule has 0 saturated heterocycles. The molecular weight excluding hydrogens is 434 g/mol. The molecular formula is C19H17F4N7O2. The zero-order valence-electron chi connectivity index (χ0n) is 16.3. The van der Waals surface area contributed by atoms with Crippen molar-refractivity contribution in [1.29, 1.82) is 0 Å². The van der Waals surface area contributed by atoms with Crippen molar-refractivity contribution in [2.75, 3.05) is 28.7 Å². The molecule has 0 saturated carbocycles. The van der Waals surface area contributed by atoms with Crippen LogP contribution < -0.4 is 26.8 Å². The molecule has 2 heterocycles. The summed E-state index contributed by atoms with van der Waals surface area (Å²) in [7, 11) is 0. The molecule has 168 valence electrons. The minimum Gasteiger partial charge on any atom is -0.467 e. The first-order chi connectivity index (χ1) is 15.1. The number of pyridine rings is 1. The normalized spacial score (nSPS) is 11.1. The van der Waals surface area contributed by atoms with E-state index >= 15 is 0 Å². The van der Waals surface area contributed by atoms with Gasteiger partial charge in [0.05, 0.1) is 11.9 Å². The maximum absolute atomic E-state index is 14.2. The van der Waals surface area contributed by atoms with Crippen LogP contribution in [0.2, 0.25) is 0 Å². The Morgan fingerprint density at radius 3 is 2.59 bits per heavy atom. The summed E-state index contributed by atoms with van der Waals surface area (Å²) in [6.07, 6.45) is -2.21. The number of anilines is 4. The van der Waals surface area contributed by atoms with Crippen LogP contribution in [0.4, 0.5) is 40.6 Å². The fourth-order valence-electron chi connectivity index (χ4n) is 2.52. The first kappa shape index (κ1) is 22.5. The minimum atomic E-state index is -4.57. The number of aromatic nitrogens is 3. The molecule has 2 aromatic heterocycles. The van der Waals surface area contributed by atoms with Crippen molar-refractivity contribution >= 4 is 28.9 Å². The second kappa shape index (κ2) is 9.32. The zero-order valence-corrected chi connectivity index (χ0v) is 16.3. The van der Waals surface area contributed by atoms with Crippen LogP contribution in [0, 0.1) is 5.82 Å². The van der Waals surface area contributed by atoms with E-state index in [9.17, 15) is 22.4 Å². The Labute approximate surface area is 178 Å². The Bertz CT molecular complexity index is 1130. The van der Waals surface area contributed by atoms with Gasteiger partial charge < -0.3 is 26.8 Å². The number of hydrogen-bond donors (Lipinski definition) is 4. The van der Waals surface area contributed by atoms with Crippen molar-refractivity contribution in [3.05, 3.63) is 59.8 Å². The number of nitrogens with zero attached hydrogens (tertiary/aromatic N) is 3. The molecule has 9 nitrogen and oxygen atoms in total. The second-order valence-corrected chi connectivity index (χ2v) is 6.40. The van der Waals surface area contributed by atoms with E-state index in [1.807, 2.05) is 0 Å². The zero-order chi connectivity index (χ0) is 23.3. The molecule has 0 fully saturated rings. The van der Waals surface area contributed by atoms with Gasteiger partial charge in [0.2, 0.25) is 5.88 Å². The summed E-state index contributed by atoms with van der Waals surface area (Å²) in [5, 5.41) is 5.42. The fraction of sp³-hybridized carbons (Fsp3) is 0.158. The van der Waals surface area contributed by atoms with Gasteiger partial charge in [-0.15, -0.1) is 0 Å². The number of ether oxygens (including phenoxy) is 1. The largest absolute Gasteiger partial charge is 0.467 e. The van der Waals surface area contributed by atoms with Crippen molar-refractivity contribution in [2.24, 2.45) is 0 Å². The van der Waals surface area contributed by atoms with Gasteiger partial charge in [-0.05, 0) is 30.3 Å². The number of rotatable bonds is 7. The molecule has 0 aliphatic heterocycles. The predicted molar refractivity (Wildman–Crippen MR) is 108 cm³/mol. The highest BCUT2D eigenvalue weighted by Gasteiger charge is 2.29. The number of hydrogen-bond acceptors (Lipinski definition) is 8. The lowest BCUT2D eigenvalue weighted by atomic mass is 10.1. The monoisotopic (exact) mass is 451 g/mol. The Morgan fingerprint density at radius 2 is 1.91 bits per heavy atom. The number of amides is 1. The van der Waals surface area contributed by atoms with Crippen molar-refractivity contribution in [1.82, 2.24) is 15.0 Å². The summed E-state index contributed by atoms with van der Waals surface area (Å²) < 4.78 is 55.2. The number of carbonyl (C=O) groups is 1. The van der Waals surface area contributed by atoms with Gasteiger partial charge in [0.1, 0.15) is 11.6 Å². The van der Waals surface area contributed by atoms with E-state index in [4.69, 9.17) is 11.5 Å². The van der Waals surface area contributed by atoms with E-state index in [1.165, 1.54) is 18.3 Å². The Balaban J connectivity index is 1.68. The van der Waals surface area contributed by atoms with Crippen LogP contribution in [0.1, 0.15) is 16.1 Å². The van der Waals surface area contributed by atoms with Crippen LogP contribution in [0.3, 0.4) is 0 Å². The number of alkyl halides is 3. The van der Waals surface area contributed by atoms with E-state index in [-0.39, 0.29) is 29.3 Å². The standard InChI is InChI=1S/C19H17F4N7O2/c20-12-4-3-11(6-10(12)7-27-13-2-1-5-26-16(13)24)29-18(31)15-17(25)30-14(8-28-15)32-9-19(21,22)23/h1-6,8,27H,7,9H2,(H2,24,26)(H2,25,30)(H,29,31). The number of carbonyl (C=O) groups excluding carboxylic acids is 1. The van der Waals surface area contributed by atoms with Crippen molar-refractivity contribution in [3.63, 3.8) is 0 Å². The van der Waals surface area contributed by atoms with Gasteiger partial charge in [-0.3, -0.25) is 4.79 Å². The first-order valence-corrected chi connectivity index (χ1v) is 8.98. The molecule has 0 radical (unpaired) electrons. The van der Waals surface area contributed by atoms with Gasteiger partial charge in [0.25, 0.3) is 5.91 Å². The van der Waals surface area contributed by atoms with Gasteiger partial charge >= 0.3 is 6.18 Å². The highest BCUT2D eigenvalue weighted by atomic mass is 19.4. The number of nitrogens with two attached hydrogens (primary N) is 2. The SMILES string of the molecule is Nc1ncccc1NCc1cc(NC(=O)c2ncc(OCC(F)(F)F)nc2N)ccc1F. The van der Waals surface area contributed by atoms with Crippen LogP contribution in [0.15, 0.2) is 42.7 Å². The van der Waals surface area contributed by atoms with E-state index in [2.05, 4.69) is 30.3 Å². The predicted octanol–water partition coefficient (Wildman–Crippen LogP) is 2.98. The smallest absolute Gasteiger partial charge is 0.422 e. The summed E-state index contributed by atoms with van der Waals surface area (Å²) in [4.78, 5) is 23.6. The lowest BCUT2D eigenvalue weighted by Crippen LogP contribution is -2.21. The third-order valence-electron chi connectivity index (χ3n) is 3.99. The van der Waals surface area contributed by atoms with Gasteiger partial charge in [0, 0.05) is 24.0 Å². The van der Waals surface area contributed by atoms with Crippen LogP contribution in [0.5, 0.6) is 5.88 Å². The maximum atomic E-state index is 14.2. The van der Waals surface area contributed by atoms with Gasteiger partial charge in [0.15, 0.2) is 18.1 Å². The van der Waals surface area contributed by atoms with E-state index in [1.54, 1.807) is 12.1 Å². The highest BCUT2D eigenvalue weighted by Crippen LogP contribution is 2.21. The molecule has 1 amide bonds. The molecule has 3 aromatic rings. The van der Waals surface area contributed by atoms with Crippen molar-refractivity contribution in [3.8, 4) is 5.88 Å².